The number of esters is 1. The van der Waals surface area contributed by atoms with E-state index in [0.29, 0.717) is 6.61 Å². The molecule has 222 valence electrons. The maximum absolute atomic E-state index is 12.4. The molecular formula is C31H59N3O4. The zero-order valence-corrected chi connectivity index (χ0v) is 25.2. The summed E-state index contributed by atoms with van der Waals surface area (Å²) in [6.07, 6.45) is 20.7. The fourth-order valence-electron chi connectivity index (χ4n) is 5.05. The van der Waals surface area contributed by atoms with Crippen molar-refractivity contribution in [2.45, 2.75) is 149 Å². The Morgan fingerprint density at radius 3 is 1.66 bits per heavy atom. The summed E-state index contributed by atoms with van der Waals surface area (Å²) in [6.45, 7) is 11.4. The molecule has 0 spiro atoms. The molecule has 2 atom stereocenters. The Morgan fingerprint density at radius 2 is 1.18 bits per heavy atom. The van der Waals surface area contributed by atoms with Crippen molar-refractivity contribution < 1.29 is 19.1 Å². The molecule has 7 nitrogen and oxygen atoms in total. The predicted octanol–water partition coefficient (Wildman–Crippen LogP) is 6.14. The molecule has 0 aromatic rings. The summed E-state index contributed by atoms with van der Waals surface area (Å²) in [4.78, 5) is 39.4. The van der Waals surface area contributed by atoms with Crippen LogP contribution in [-0.2, 0) is 19.1 Å². The van der Waals surface area contributed by atoms with Crippen molar-refractivity contribution in [3.05, 3.63) is 0 Å². The Morgan fingerprint density at radius 1 is 0.711 bits per heavy atom. The third kappa shape index (κ3) is 16.4. The molecule has 0 aromatic carbocycles. The van der Waals surface area contributed by atoms with Gasteiger partial charge >= 0.3 is 5.97 Å². The van der Waals surface area contributed by atoms with Crippen LogP contribution in [0.15, 0.2) is 0 Å². The molecule has 2 N–H and O–H groups in total. The van der Waals surface area contributed by atoms with Crippen LogP contribution in [0.3, 0.4) is 0 Å². The van der Waals surface area contributed by atoms with E-state index in [2.05, 4.69) is 29.4 Å². The molecular weight excluding hydrogens is 478 g/mol. The van der Waals surface area contributed by atoms with Crippen molar-refractivity contribution in [1.82, 2.24) is 15.5 Å². The summed E-state index contributed by atoms with van der Waals surface area (Å²) in [5.74, 6) is -0.988. The number of hydrogen-bond donors (Lipinski definition) is 2. The summed E-state index contributed by atoms with van der Waals surface area (Å²) in [7, 11) is 0. The van der Waals surface area contributed by atoms with E-state index in [1.165, 1.54) is 103 Å². The van der Waals surface area contributed by atoms with Crippen molar-refractivity contribution >= 4 is 17.8 Å². The number of rotatable bonds is 24. The Labute approximate surface area is 233 Å². The number of amides is 2. The predicted molar refractivity (Wildman–Crippen MR) is 156 cm³/mol. The van der Waals surface area contributed by atoms with Crippen LogP contribution in [-0.4, -0.2) is 61.0 Å². The van der Waals surface area contributed by atoms with Crippen molar-refractivity contribution in [3.8, 4) is 0 Å². The number of ether oxygens (including phenoxy) is 1. The third-order valence-corrected chi connectivity index (χ3v) is 7.58. The molecule has 1 heterocycles. The molecule has 1 fully saturated rings. The summed E-state index contributed by atoms with van der Waals surface area (Å²) < 4.78 is 5.49. The van der Waals surface area contributed by atoms with Crippen molar-refractivity contribution in [2.24, 2.45) is 5.92 Å². The Balaban J connectivity index is 2.34. The van der Waals surface area contributed by atoms with Gasteiger partial charge in [-0.05, 0) is 31.8 Å². The zero-order chi connectivity index (χ0) is 28.0. The van der Waals surface area contributed by atoms with Crippen LogP contribution in [0.25, 0.3) is 0 Å². The average Bonchev–Trinajstić information content (AvgIpc) is 2.88. The van der Waals surface area contributed by atoms with Crippen LogP contribution >= 0.6 is 0 Å². The van der Waals surface area contributed by atoms with Gasteiger partial charge < -0.3 is 15.4 Å². The van der Waals surface area contributed by atoms with E-state index in [0.717, 1.165) is 19.6 Å². The molecule has 7 heteroatoms. The first kappa shape index (κ1) is 34.4. The number of nitrogens with one attached hydrogen (secondary N) is 2. The van der Waals surface area contributed by atoms with Gasteiger partial charge in [0.2, 0.25) is 11.8 Å². The van der Waals surface area contributed by atoms with Crippen molar-refractivity contribution in [1.29, 1.82) is 0 Å². The van der Waals surface area contributed by atoms with Gasteiger partial charge in [-0.15, -0.1) is 0 Å². The normalized spacial score (nSPS) is 17.6. The topological polar surface area (TPSA) is 87.7 Å². The number of hydrogen-bond acceptors (Lipinski definition) is 5. The van der Waals surface area contributed by atoms with E-state index in [9.17, 15) is 14.4 Å². The number of piperazine rings is 1. The maximum Gasteiger partial charge on any atom is 0.308 e. The fraction of sp³-hybridized carbons (Fsp3) is 0.903. The molecule has 1 saturated heterocycles. The highest BCUT2D eigenvalue weighted by molar-refractivity contribution is 5.98. The molecule has 0 unspecified atom stereocenters. The Bertz CT molecular complexity index is 621. The Kier molecular flexibility index (Phi) is 20.1. The minimum atomic E-state index is -0.851. The van der Waals surface area contributed by atoms with Gasteiger partial charge in [0.05, 0.1) is 6.42 Å². The third-order valence-electron chi connectivity index (χ3n) is 7.58. The van der Waals surface area contributed by atoms with Gasteiger partial charge in [-0.1, -0.05) is 118 Å². The molecule has 0 bridgehead atoms. The minimum absolute atomic E-state index is 0.0000459. The second kappa shape index (κ2) is 22.2. The standard InChI is InChI=1S/C31H59N3O4/c1-5-7-9-11-13-15-17-19-21-34(22-20-18-16-14-12-10-8-6-2)23-24-38-28(35)25-27-30(36)33-29(26(3)4)31(37)32-27/h26-27,29H,5-25H2,1-4H3,(H,32,37)(H,33,36)/t27-,29-/m0/s1. The van der Waals surface area contributed by atoms with E-state index < -0.39 is 18.1 Å². The molecule has 1 rings (SSSR count). The van der Waals surface area contributed by atoms with E-state index >= 15 is 0 Å². The van der Waals surface area contributed by atoms with Crippen LogP contribution in [0.5, 0.6) is 0 Å². The van der Waals surface area contributed by atoms with Crippen LogP contribution < -0.4 is 10.6 Å². The monoisotopic (exact) mass is 537 g/mol. The highest BCUT2D eigenvalue weighted by Gasteiger charge is 2.36. The first-order valence-electron chi connectivity index (χ1n) is 15.9. The van der Waals surface area contributed by atoms with Crippen LogP contribution in [0.1, 0.15) is 137 Å². The largest absolute Gasteiger partial charge is 0.464 e. The number of carbonyl (C=O) groups is 3. The number of unbranched alkanes of at least 4 members (excludes halogenated alkanes) is 14. The first-order chi connectivity index (χ1) is 18.4. The molecule has 0 saturated carbocycles. The minimum Gasteiger partial charge on any atom is -0.464 e. The zero-order valence-electron chi connectivity index (χ0n) is 25.2. The molecule has 0 aliphatic carbocycles. The van der Waals surface area contributed by atoms with E-state index in [1.807, 2.05) is 13.8 Å². The van der Waals surface area contributed by atoms with E-state index in [-0.39, 0.29) is 24.2 Å². The second-order valence-electron chi connectivity index (χ2n) is 11.5. The van der Waals surface area contributed by atoms with Crippen LogP contribution in [0.2, 0.25) is 0 Å². The molecule has 38 heavy (non-hydrogen) atoms. The van der Waals surface area contributed by atoms with Gasteiger partial charge in [0.25, 0.3) is 0 Å². The van der Waals surface area contributed by atoms with E-state index in [1.54, 1.807) is 0 Å². The lowest BCUT2D eigenvalue weighted by Gasteiger charge is -2.31. The molecule has 2 amide bonds. The van der Waals surface area contributed by atoms with Crippen molar-refractivity contribution in [2.75, 3.05) is 26.2 Å². The molecule has 1 aliphatic rings. The van der Waals surface area contributed by atoms with Crippen LogP contribution in [0, 0.1) is 5.92 Å². The van der Waals surface area contributed by atoms with Crippen molar-refractivity contribution in [3.63, 3.8) is 0 Å². The van der Waals surface area contributed by atoms with Gasteiger partial charge in [0.1, 0.15) is 18.7 Å². The summed E-state index contributed by atoms with van der Waals surface area (Å²) in [6, 6.07) is -1.40. The van der Waals surface area contributed by atoms with Gasteiger partial charge in [0.15, 0.2) is 0 Å². The average molecular weight is 538 g/mol. The molecule has 0 aromatic heterocycles. The van der Waals surface area contributed by atoms with Gasteiger partial charge in [-0.25, -0.2) is 0 Å². The van der Waals surface area contributed by atoms with Crippen LogP contribution in [0.4, 0.5) is 0 Å². The molecule has 1 aliphatic heterocycles. The summed E-state index contributed by atoms with van der Waals surface area (Å²) in [5.41, 5.74) is 0. The Hall–Kier alpha value is -1.63. The fourth-order valence-corrected chi connectivity index (χ4v) is 5.05. The summed E-state index contributed by atoms with van der Waals surface area (Å²) in [5, 5.41) is 5.40. The maximum atomic E-state index is 12.4. The van der Waals surface area contributed by atoms with E-state index in [4.69, 9.17) is 4.74 Å². The van der Waals surface area contributed by atoms with Gasteiger partial charge in [-0.3, -0.25) is 19.3 Å². The lowest BCUT2D eigenvalue weighted by molar-refractivity contribution is -0.148. The number of nitrogens with zero attached hydrogens (tertiary/aromatic N) is 1. The second-order valence-corrected chi connectivity index (χ2v) is 11.5. The van der Waals surface area contributed by atoms with Gasteiger partial charge in [-0.2, -0.15) is 0 Å². The SMILES string of the molecule is CCCCCCCCCCN(CCCCCCCCCC)CCOC(=O)C[C@@H]1NC(=O)[C@H](C(C)C)NC1=O. The highest BCUT2D eigenvalue weighted by Crippen LogP contribution is 2.12. The van der Waals surface area contributed by atoms with Gasteiger partial charge in [0, 0.05) is 6.54 Å². The smallest absolute Gasteiger partial charge is 0.308 e. The lowest BCUT2D eigenvalue weighted by atomic mass is 9.99. The summed E-state index contributed by atoms with van der Waals surface area (Å²) >= 11 is 0. The number of carbonyl (C=O) groups excluding carboxylic acids is 3. The highest BCUT2D eigenvalue weighted by atomic mass is 16.5. The lowest BCUT2D eigenvalue weighted by Crippen LogP contribution is -2.63. The first-order valence-corrected chi connectivity index (χ1v) is 15.9. The quantitative estimate of drug-likeness (QED) is 0.114. The molecule has 0 radical (unpaired) electrons.